The van der Waals surface area contributed by atoms with Gasteiger partial charge in [0.1, 0.15) is 0 Å². The van der Waals surface area contributed by atoms with E-state index in [0.29, 0.717) is 56.3 Å². The van der Waals surface area contributed by atoms with Crippen molar-refractivity contribution >= 4 is 58.3 Å². The smallest absolute Gasteiger partial charge is 0.311 e. The van der Waals surface area contributed by atoms with E-state index in [-0.39, 0.29) is 23.7 Å². The fourth-order valence-corrected chi connectivity index (χ4v) is 7.87. The molecule has 1 aliphatic heterocycles. The van der Waals surface area contributed by atoms with Crippen LogP contribution in [0.1, 0.15) is 79.9 Å². The van der Waals surface area contributed by atoms with Crippen LogP contribution >= 0.6 is 46.4 Å². The summed E-state index contributed by atoms with van der Waals surface area (Å²) in [6.45, 7) is 8.66. The molecular weight excluding hydrogens is 540 g/mol. The number of rotatable bonds is 4. The molecule has 2 aromatic rings. The van der Waals surface area contributed by atoms with Gasteiger partial charge in [-0.15, -0.1) is 0 Å². The van der Waals surface area contributed by atoms with Crippen molar-refractivity contribution in [1.82, 2.24) is 4.90 Å². The number of amides is 1. The van der Waals surface area contributed by atoms with Crippen LogP contribution in [-0.4, -0.2) is 30.4 Å². The van der Waals surface area contributed by atoms with Gasteiger partial charge in [0.2, 0.25) is 0 Å². The van der Waals surface area contributed by atoms with Crippen LogP contribution in [0.4, 0.5) is 0 Å². The van der Waals surface area contributed by atoms with Crippen molar-refractivity contribution in [3.63, 3.8) is 0 Å². The minimum absolute atomic E-state index is 0.0381. The van der Waals surface area contributed by atoms with E-state index in [4.69, 9.17) is 51.1 Å². The SMILES string of the molecule is COC(=O)[C@]1(C)CCC[C@]2(C)c3c(Cl)c(Cl)c(C(C)C)c(Cl)c3C(=O)N(Cc3ccc(Cl)cc3)C[C@@H]12. The van der Waals surface area contributed by atoms with Crippen molar-refractivity contribution in [3.8, 4) is 0 Å². The molecule has 0 bridgehead atoms. The first-order valence-electron chi connectivity index (χ1n) is 12.2. The quantitative estimate of drug-likeness (QED) is 0.274. The van der Waals surface area contributed by atoms with Gasteiger partial charge in [0, 0.05) is 29.4 Å². The lowest BCUT2D eigenvalue weighted by molar-refractivity contribution is -0.161. The van der Waals surface area contributed by atoms with Crippen molar-refractivity contribution in [3.05, 3.63) is 66.6 Å². The van der Waals surface area contributed by atoms with Gasteiger partial charge in [-0.05, 0) is 54.5 Å². The van der Waals surface area contributed by atoms with Crippen molar-refractivity contribution in [2.24, 2.45) is 11.3 Å². The molecule has 1 saturated carbocycles. The van der Waals surface area contributed by atoms with Gasteiger partial charge < -0.3 is 9.64 Å². The second-order valence-corrected chi connectivity index (χ2v) is 12.4. The van der Waals surface area contributed by atoms with Gasteiger partial charge in [0.05, 0.1) is 33.2 Å². The number of nitrogens with zero attached hydrogens (tertiary/aromatic N) is 1. The van der Waals surface area contributed by atoms with Crippen LogP contribution in [0.3, 0.4) is 0 Å². The summed E-state index contributed by atoms with van der Waals surface area (Å²) in [5.41, 5.74) is 1.18. The predicted molar refractivity (Wildman–Crippen MR) is 147 cm³/mol. The highest BCUT2D eigenvalue weighted by Crippen LogP contribution is 2.59. The highest BCUT2D eigenvalue weighted by Gasteiger charge is 2.58. The predicted octanol–water partition coefficient (Wildman–Crippen LogP) is 8.32. The van der Waals surface area contributed by atoms with E-state index in [9.17, 15) is 9.59 Å². The highest BCUT2D eigenvalue weighted by atomic mass is 35.5. The molecule has 0 radical (unpaired) electrons. The molecule has 0 saturated heterocycles. The summed E-state index contributed by atoms with van der Waals surface area (Å²) < 4.78 is 5.30. The molecule has 36 heavy (non-hydrogen) atoms. The number of methoxy groups -OCH3 is 1. The van der Waals surface area contributed by atoms with Crippen LogP contribution in [0.25, 0.3) is 0 Å². The van der Waals surface area contributed by atoms with Gasteiger partial charge >= 0.3 is 5.97 Å². The Hall–Kier alpha value is -1.46. The molecular formula is C28H31Cl4NO3. The molecule has 4 nitrogen and oxygen atoms in total. The molecule has 0 N–H and O–H groups in total. The number of fused-ring (bicyclic) bond motifs is 3. The zero-order valence-corrected chi connectivity index (χ0v) is 24.2. The normalized spacial score (nSPS) is 25.9. The van der Waals surface area contributed by atoms with E-state index in [1.807, 2.05) is 32.9 Å². The number of carbonyl (C=O) groups excluding carboxylic acids is 2. The Bertz CT molecular complexity index is 1210. The van der Waals surface area contributed by atoms with E-state index in [1.54, 1.807) is 17.0 Å². The molecule has 1 aliphatic carbocycles. The van der Waals surface area contributed by atoms with Crippen LogP contribution in [0.2, 0.25) is 20.1 Å². The first-order chi connectivity index (χ1) is 16.9. The van der Waals surface area contributed by atoms with Gasteiger partial charge in [-0.1, -0.05) is 85.7 Å². The van der Waals surface area contributed by atoms with E-state index in [1.165, 1.54) is 7.11 Å². The largest absolute Gasteiger partial charge is 0.469 e. The lowest BCUT2D eigenvalue weighted by Gasteiger charge is -2.51. The zero-order chi connectivity index (χ0) is 26.6. The third kappa shape index (κ3) is 4.32. The topological polar surface area (TPSA) is 46.6 Å². The first kappa shape index (κ1) is 27.6. The Balaban J connectivity index is 2.01. The highest BCUT2D eigenvalue weighted by molar-refractivity contribution is 6.46. The molecule has 3 atom stereocenters. The van der Waals surface area contributed by atoms with Crippen molar-refractivity contribution in [2.75, 3.05) is 13.7 Å². The van der Waals surface area contributed by atoms with Gasteiger partial charge in [-0.2, -0.15) is 0 Å². The molecule has 1 fully saturated rings. The monoisotopic (exact) mass is 569 g/mol. The average molecular weight is 571 g/mol. The van der Waals surface area contributed by atoms with E-state index >= 15 is 0 Å². The first-order valence-corrected chi connectivity index (χ1v) is 13.7. The number of ether oxygens (including phenoxy) is 1. The van der Waals surface area contributed by atoms with E-state index in [0.717, 1.165) is 18.4 Å². The Morgan fingerprint density at radius 2 is 1.69 bits per heavy atom. The number of benzene rings is 2. The van der Waals surface area contributed by atoms with Gasteiger partial charge in [0.15, 0.2) is 0 Å². The summed E-state index contributed by atoms with van der Waals surface area (Å²) in [6.07, 6.45) is 2.18. The molecule has 8 heteroatoms. The summed E-state index contributed by atoms with van der Waals surface area (Å²) >= 11 is 26.9. The summed E-state index contributed by atoms with van der Waals surface area (Å²) in [6, 6.07) is 7.40. The van der Waals surface area contributed by atoms with Crippen LogP contribution in [0, 0.1) is 11.3 Å². The summed E-state index contributed by atoms with van der Waals surface area (Å²) in [5, 5.41) is 1.69. The summed E-state index contributed by atoms with van der Waals surface area (Å²) in [4.78, 5) is 29.3. The zero-order valence-electron chi connectivity index (χ0n) is 21.2. The lowest BCUT2D eigenvalue weighted by atomic mass is 9.53. The average Bonchev–Trinajstić information content (AvgIpc) is 2.92. The second kappa shape index (κ2) is 10.0. The maximum absolute atomic E-state index is 14.3. The third-order valence-corrected chi connectivity index (χ3v) is 9.79. The van der Waals surface area contributed by atoms with Gasteiger partial charge in [0.25, 0.3) is 5.91 Å². The van der Waals surface area contributed by atoms with Crippen molar-refractivity contribution in [1.29, 1.82) is 0 Å². The number of halogens is 4. The fraction of sp³-hybridized carbons (Fsp3) is 0.500. The fourth-order valence-electron chi connectivity index (χ4n) is 6.38. The molecule has 1 amide bonds. The number of hydrogen-bond donors (Lipinski definition) is 0. The van der Waals surface area contributed by atoms with Crippen LogP contribution in [0.15, 0.2) is 24.3 Å². The molecule has 0 unspecified atom stereocenters. The van der Waals surface area contributed by atoms with E-state index < -0.39 is 10.8 Å². The van der Waals surface area contributed by atoms with Crippen molar-refractivity contribution < 1.29 is 14.3 Å². The molecule has 2 aromatic carbocycles. The lowest BCUT2D eigenvalue weighted by Crippen LogP contribution is -2.54. The van der Waals surface area contributed by atoms with Crippen LogP contribution in [0.5, 0.6) is 0 Å². The second-order valence-electron chi connectivity index (χ2n) is 10.8. The van der Waals surface area contributed by atoms with E-state index in [2.05, 4.69) is 6.92 Å². The standard InChI is InChI=1S/C28H31Cl4NO3/c1-15(2)19-22(30)20-21(24(32)23(19)31)27(3)11-6-12-28(4,26(35)36-5)18(27)14-33(25(20)34)13-16-7-9-17(29)10-8-16/h7-10,15,18H,6,11-14H2,1-5H3/t18-,27+,28-/m1/s1. The summed E-state index contributed by atoms with van der Waals surface area (Å²) in [7, 11) is 1.41. The van der Waals surface area contributed by atoms with Gasteiger partial charge in [-0.25, -0.2) is 0 Å². The maximum Gasteiger partial charge on any atom is 0.311 e. The maximum atomic E-state index is 14.3. The molecule has 4 rings (SSSR count). The van der Waals surface area contributed by atoms with Crippen molar-refractivity contribution in [2.45, 2.75) is 64.8 Å². The molecule has 0 spiro atoms. The Labute approximate surface area is 233 Å². The minimum atomic E-state index is -0.819. The Morgan fingerprint density at radius 3 is 2.28 bits per heavy atom. The summed E-state index contributed by atoms with van der Waals surface area (Å²) in [5.74, 6) is -0.803. The molecule has 1 heterocycles. The number of hydrogen-bond acceptors (Lipinski definition) is 3. The number of carbonyl (C=O) groups is 2. The molecule has 0 aromatic heterocycles. The Morgan fingerprint density at radius 1 is 1.06 bits per heavy atom. The van der Waals surface area contributed by atoms with Crippen LogP contribution in [-0.2, 0) is 21.5 Å². The number of esters is 1. The molecule has 2 aliphatic rings. The Kier molecular flexibility index (Phi) is 7.67. The van der Waals surface area contributed by atoms with Crippen LogP contribution < -0.4 is 0 Å². The third-order valence-electron chi connectivity index (χ3n) is 8.28. The molecule has 194 valence electrons. The minimum Gasteiger partial charge on any atom is -0.469 e. The van der Waals surface area contributed by atoms with Gasteiger partial charge in [-0.3, -0.25) is 9.59 Å².